The zero-order chi connectivity index (χ0) is 10.4. The van der Waals surface area contributed by atoms with E-state index in [0.29, 0.717) is 12.6 Å². The van der Waals surface area contributed by atoms with Gasteiger partial charge < -0.3 is 10.5 Å². The molecule has 0 aliphatic carbocycles. The second kappa shape index (κ2) is 6.17. The summed E-state index contributed by atoms with van der Waals surface area (Å²) in [6.45, 7) is 5.67. The molecule has 0 radical (unpaired) electrons. The quantitative estimate of drug-likeness (QED) is 0.788. The van der Waals surface area contributed by atoms with E-state index in [2.05, 4.69) is 26.0 Å². The molecular formula is C11H19NOS. The van der Waals surface area contributed by atoms with Crippen molar-refractivity contribution in [1.29, 1.82) is 0 Å². The number of ether oxygens (including phenoxy) is 1. The molecule has 1 rings (SSSR count). The van der Waals surface area contributed by atoms with E-state index in [1.807, 2.05) is 0 Å². The molecule has 14 heavy (non-hydrogen) atoms. The molecule has 1 atom stereocenters. The fraction of sp³-hybridized carbons (Fsp3) is 0.636. The van der Waals surface area contributed by atoms with Crippen molar-refractivity contribution in [1.82, 2.24) is 0 Å². The molecule has 1 unspecified atom stereocenters. The largest absolute Gasteiger partial charge is 0.373 e. The van der Waals surface area contributed by atoms with Gasteiger partial charge in [0.25, 0.3) is 0 Å². The average Bonchev–Trinajstić information content (AvgIpc) is 2.63. The number of thiophene rings is 1. The Morgan fingerprint density at radius 2 is 2.14 bits per heavy atom. The Labute approximate surface area is 90.1 Å². The van der Waals surface area contributed by atoms with Crippen molar-refractivity contribution in [3.8, 4) is 0 Å². The Kier molecular flexibility index (Phi) is 5.15. The molecule has 0 aliphatic rings. The predicted molar refractivity (Wildman–Crippen MR) is 61.4 cm³/mol. The van der Waals surface area contributed by atoms with Crippen molar-refractivity contribution < 1.29 is 4.74 Å². The smallest absolute Gasteiger partial charge is 0.0813 e. The standard InChI is InChI=1S/C11H19NOS/c1-3-4-9(2)13-8-11-6-5-10(7-12)14-11/h5-6,9H,3-4,7-8,12H2,1-2H3. The zero-order valence-electron chi connectivity index (χ0n) is 8.95. The SMILES string of the molecule is CCCC(C)OCc1ccc(CN)s1. The number of nitrogens with two attached hydrogens (primary N) is 1. The van der Waals surface area contributed by atoms with E-state index in [0.717, 1.165) is 13.0 Å². The van der Waals surface area contributed by atoms with Gasteiger partial charge in [0.15, 0.2) is 0 Å². The third-order valence-corrected chi connectivity index (χ3v) is 3.20. The highest BCUT2D eigenvalue weighted by Crippen LogP contribution is 2.17. The fourth-order valence-electron chi connectivity index (χ4n) is 1.32. The minimum atomic E-state index is 0.364. The Hall–Kier alpha value is -0.380. The first-order valence-corrected chi connectivity index (χ1v) is 5.97. The second-order valence-electron chi connectivity index (χ2n) is 3.48. The van der Waals surface area contributed by atoms with Crippen LogP contribution < -0.4 is 5.73 Å². The Morgan fingerprint density at radius 3 is 2.71 bits per heavy atom. The number of hydrogen-bond donors (Lipinski definition) is 1. The van der Waals surface area contributed by atoms with Crippen LogP contribution in [0, 0.1) is 0 Å². The summed E-state index contributed by atoms with van der Waals surface area (Å²) in [5.74, 6) is 0. The normalized spacial score (nSPS) is 13.1. The van der Waals surface area contributed by atoms with Gasteiger partial charge in [0.2, 0.25) is 0 Å². The van der Waals surface area contributed by atoms with E-state index < -0.39 is 0 Å². The Balaban J connectivity index is 2.30. The van der Waals surface area contributed by atoms with Crippen molar-refractivity contribution in [2.24, 2.45) is 5.73 Å². The van der Waals surface area contributed by atoms with Gasteiger partial charge in [-0.15, -0.1) is 11.3 Å². The van der Waals surface area contributed by atoms with Crippen LogP contribution in [0.1, 0.15) is 36.4 Å². The molecule has 0 spiro atoms. The summed E-state index contributed by atoms with van der Waals surface area (Å²) in [6, 6.07) is 4.18. The summed E-state index contributed by atoms with van der Waals surface area (Å²) >= 11 is 1.74. The molecule has 1 aromatic heterocycles. The minimum Gasteiger partial charge on any atom is -0.373 e. The lowest BCUT2D eigenvalue weighted by atomic mass is 10.2. The maximum absolute atomic E-state index is 5.70. The molecule has 0 aromatic carbocycles. The maximum atomic E-state index is 5.70. The van der Waals surface area contributed by atoms with Crippen LogP contribution in [0.3, 0.4) is 0 Å². The van der Waals surface area contributed by atoms with Gasteiger partial charge in [0.1, 0.15) is 0 Å². The first kappa shape index (κ1) is 11.7. The van der Waals surface area contributed by atoms with E-state index in [1.54, 1.807) is 11.3 Å². The minimum absolute atomic E-state index is 0.364. The van der Waals surface area contributed by atoms with E-state index in [9.17, 15) is 0 Å². The summed E-state index contributed by atoms with van der Waals surface area (Å²) in [7, 11) is 0. The fourth-order valence-corrected chi connectivity index (χ4v) is 2.14. The van der Waals surface area contributed by atoms with Gasteiger partial charge in [0, 0.05) is 16.3 Å². The van der Waals surface area contributed by atoms with Gasteiger partial charge in [-0.1, -0.05) is 13.3 Å². The Morgan fingerprint density at radius 1 is 1.43 bits per heavy atom. The molecule has 2 nitrogen and oxygen atoms in total. The van der Waals surface area contributed by atoms with Gasteiger partial charge in [-0.3, -0.25) is 0 Å². The Bertz CT molecular complexity index is 260. The molecule has 80 valence electrons. The van der Waals surface area contributed by atoms with E-state index in [4.69, 9.17) is 10.5 Å². The molecule has 0 saturated carbocycles. The molecule has 3 heteroatoms. The third-order valence-electron chi connectivity index (χ3n) is 2.12. The van der Waals surface area contributed by atoms with Crippen LogP contribution in [0.25, 0.3) is 0 Å². The molecule has 1 heterocycles. The van der Waals surface area contributed by atoms with Crippen LogP contribution in [0.5, 0.6) is 0 Å². The van der Waals surface area contributed by atoms with Gasteiger partial charge in [0.05, 0.1) is 12.7 Å². The van der Waals surface area contributed by atoms with Crippen LogP contribution in [0.4, 0.5) is 0 Å². The number of hydrogen-bond acceptors (Lipinski definition) is 3. The van der Waals surface area contributed by atoms with Crippen LogP contribution >= 0.6 is 11.3 Å². The zero-order valence-corrected chi connectivity index (χ0v) is 9.77. The molecule has 1 aromatic rings. The summed E-state index contributed by atoms with van der Waals surface area (Å²) in [6.07, 6.45) is 2.68. The van der Waals surface area contributed by atoms with Gasteiger partial charge in [-0.2, -0.15) is 0 Å². The lowest BCUT2D eigenvalue weighted by Gasteiger charge is -2.10. The molecule has 0 saturated heterocycles. The first-order chi connectivity index (χ1) is 6.76. The van der Waals surface area contributed by atoms with Crippen LogP contribution in [-0.2, 0) is 17.9 Å². The molecule has 0 aliphatic heterocycles. The predicted octanol–water partition coefficient (Wildman–Crippen LogP) is 2.91. The van der Waals surface area contributed by atoms with Crippen molar-refractivity contribution in [2.45, 2.75) is 45.9 Å². The van der Waals surface area contributed by atoms with Crippen molar-refractivity contribution in [3.05, 3.63) is 21.9 Å². The highest BCUT2D eigenvalue weighted by atomic mass is 32.1. The van der Waals surface area contributed by atoms with E-state index >= 15 is 0 Å². The van der Waals surface area contributed by atoms with Crippen LogP contribution in [0.2, 0.25) is 0 Å². The summed E-state index contributed by atoms with van der Waals surface area (Å²) in [5, 5.41) is 0. The van der Waals surface area contributed by atoms with Gasteiger partial charge in [-0.05, 0) is 25.5 Å². The van der Waals surface area contributed by atoms with Gasteiger partial charge >= 0.3 is 0 Å². The topological polar surface area (TPSA) is 35.2 Å². The molecule has 0 bridgehead atoms. The van der Waals surface area contributed by atoms with Crippen LogP contribution in [0.15, 0.2) is 12.1 Å². The lowest BCUT2D eigenvalue weighted by Crippen LogP contribution is -2.06. The van der Waals surface area contributed by atoms with E-state index in [-0.39, 0.29) is 0 Å². The molecular weight excluding hydrogens is 194 g/mol. The van der Waals surface area contributed by atoms with Crippen LogP contribution in [-0.4, -0.2) is 6.10 Å². The summed E-state index contributed by atoms with van der Waals surface area (Å²) in [4.78, 5) is 2.50. The number of rotatable bonds is 6. The van der Waals surface area contributed by atoms with Crippen molar-refractivity contribution in [3.63, 3.8) is 0 Å². The van der Waals surface area contributed by atoms with E-state index in [1.165, 1.54) is 16.2 Å². The van der Waals surface area contributed by atoms with Gasteiger partial charge in [-0.25, -0.2) is 0 Å². The first-order valence-electron chi connectivity index (χ1n) is 5.15. The molecule has 0 amide bonds. The molecule has 0 fully saturated rings. The van der Waals surface area contributed by atoms with Crippen molar-refractivity contribution in [2.75, 3.05) is 0 Å². The lowest BCUT2D eigenvalue weighted by molar-refractivity contribution is 0.0488. The second-order valence-corrected chi connectivity index (χ2v) is 4.74. The average molecular weight is 213 g/mol. The highest BCUT2D eigenvalue weighted by molar-refractivity contribution is 7.11. The summed E-state index contributed by atoms with van der Waals surface area (Å²) < 4.78 is 5.70. The van der Waals surface area contributed by atoms with Crippen molar-refractivity contribution >= 4 is 11.3 Å². The highest BCUT2D eigenvalue weighted by Gasteiger charge is 2.03. The third kappa shape index (κ3) is 3.78. The summed E-state index contributed by atoms with van der Waals surface area (Å²) in [5.41, 5.74) is 5.54. The monoisotopic (exact) mass is 213 g/mol. The molecule has 2 N–H and O–H groups in total. The maximum Gasteiger partial charge on any atom is 0.0813 e.